The van der Waals surface area contributed by atoms with Crippen LogP contribution in [0.25, 0.3) is 10.9 Å². The van der Waals surface area contributed by atoms with Crippen molar-refractivity contribution in [2.45, 2.75) is 19.0 Å². The van der Waals surface area contributed by atoms with E-state index in [0.717, 1.165) is 13.0 Å². The molecule has 0 saturated carbocycles. The van der Waals surface area contributed by atoms with Crippen LogP contribution in [0.5, 0.6) is 5.88 Å². The molecule has 0 unspecified atom stereocenters. The Hall–Kier alpha value is -2.90. The molecule has 3 aromatic rings. The zero-order valence-corrected chi connectivity index (χ0v) is 18.7. The van der Waals surface area contributed by atoms with E-state index in [1.807, 2.05) is 4.90 Å². The van der Waals surface area contributed by atoms with E-state index in [9.17, 15) is 4.79 Å². The van der Waals surface area contributed by atoms with Crippen LogP contribution in [-0.2, 0) is 24.8 Å². The van der Waals surface area contributed by atoms with Crippen LogP contribution in [0.15, 0.2) is 42.7 Å². The molecule has 4 rings (SSSR count). The summed E-state index contributed by atoms with van der Waals surface area (Å²) in [5.41, 5.74) is 4.28. The van der Waals surface area contributed by atoms with E-state index >= 15 is 0 Å². The number of pyridine rings is 1. The van der Waals surface area contributed by atoms with E-state index in [1.165, 1.54) is 22.0 Å². The van der Waals surface area contributed by atoms with E-state index in [0.29, 0.717) is 31.2 Å². The maximum absolute atomic E-state index is 13.2. The minimum absolute atomic E-state index is 0.0167. The van der Waals surface area contributed by atoms with Crippen molar-refractivity contribution in [3.05, 3.63) is 59.4 Å². The van der Waals surface area contributed by atoms with E-state index in [2.05, 4.69) is 60.0 Å². The lowest BCUT2D eigenvalue weighted by Crippen LogP contribution is -2.49. The summed E-state index contributed by atoms with van der Waals surface area (Å²) in [5.74, 6) is 0.483. The highest BCUT2D eigenvalue weighted by Crippen LogP contribution is 2.26. The summed E-state index contributed by atoms with van der Waals surface area (Å²) >= 11 is 0. The summed E-state index contributed by atoms with van der Waals surface area (Å²) in [4.78, 5) is 21.5. The summed E-state index contributed by atoms with van der Waals surface area (Å²) in [7, 11) is 7.79. The fraction of sp³-hybridized carbons (Fsp3) is 0.417. The molecule has 7 nitrogen and oxygen atoms in total. The Labute approximate surface area is 183 Å². The Bertz CT molecular complexity index is 1060. The second-order valence-corrected chi connectivity index (χ2v) is 8.38. The lowest BCUT2D eigenvalue weighted by atomic mass is 10.0. The number of carbonyl (C=O) groups excluding carboxylic acids is 1. The van der Waals surface area contributed by atoms with Gasteiger partial charge in [0.05, 0.1) is 31.9 Å². The van der Waals surface area contributed by atoms with Gasteiger partial charge in [-0.3, -0.25) is 4.79 Å². The van der Waals surface area contributed by atoms with Gasteiger partial charge in [0.2, 0.25) is 5.88 Å². The van der Waals surface area contributed by atoms with Crippen molar-refractivity contribution in [1.29, 1.82) is 0 Å². The van der Waals surface area contributed by atoms with Crippen molar-refractivity contribution in [1.82, 2.24) is 19.4 Å². The first-order valence-corrected chi connectivity index (χ1v) is 10.6. The largest absolute Gasteiger partial charge is 0.481 e. The second kappa shape index (κ2) is 9.08. The highest BCUT2D eigenvalue weighted by atomic mass is 16.5. The Kier molecular flexibility index (Phi) is 6.25. The molecule has 1 aromatic carbocycles. The zero-order valence-electron chi connectivity index (χ0n) is 18.7. The summed E-state index contributed by atoms with van der Waals surface area (Å²) in [5, 5.41) is 1.24. The smallest absolute Gasteiger partial charge is 0.255 e. The molecule has 0 aliphatic carbocycles. The fourth-order valence-corrected chi connectivity index (χ4v) is 4.29. The number of carbonyl (C=O) groups is 1. The zero-order chi connectivity index (χ0) is 22.0. The molecule has 0 radical (unpaired) electrons. The molecule has 7 heteroatoms. The average molecular weight is 423 g/mol. The van der Waals surface area contributed by atoms with Crippen LogP contribution in [0.3, 0.4) is 0 Å². The maximum atomic E-state index is 13.2. The molecule has 1 aliphatic rings. The monoisotopic (exact) mass is 422 g/mol. The van der Waals surface area contributed by atoms with Gasteiger partial charge in [-0.05, 0) is 49.8 Å². The molecule has 0 bridgehead atoms. The molecular weight excluding hydrogens is 392 g/mol. The minimum atomic E-state index is -0.0218. The third-order valence-corrected chi connectivity index (χ3v) is 5.77. The normalized spacial score (nSPS) is 16.8. The van der Waals surface area contributed by atoms with Crippen LogP contribution in [-0.4, -0.2) is 72.3 Å². The number of hydrogen-bond donors (Lipinski definition) is 0. The quantitative estimate of drug-likeness (QED) is 0.611. The van der Waals surface area contributed by atoms with Gasteiger partial charge in [0.15, 0.2) is 0 Å². The lowest BCUT2D eigenvalue weighted by molar-refractivity contribution is -0.00158. The lowest BCUT2D eigenvalue weighted by Gasteiger charge is -2.35. The van der Waals surface area contributed by atoms with E-state index < -0.39 is 0 Å². The molecular formula is C24H30N4O3. The van der Waals surface area contributed by atoms with Crippen LogP contribution in [0.1, 0.15) is 21.5 Å². The molecule has 0 N–H and O–H groups in total. The van der Waals surface area contributed by atoms with Gasteiger partial charge in [-0.25, -0.2) is 4.98 Å². The number of rotatable bonds is 6. The van der Waals surface area contributed by atoms with Crippen LogP contribution in [0, 0.1) is 0 Å². The summed E-state index contributed by atoms with van der Waals surface area (Å²) in [6, 6.07) is 10.1. The average Bonchev–Trinajstić information content (AvgIpc) is 3.08. The van der Waals surface area contributed by atoms with Crippen molar-refractivity contribution in [3.8, 4) is 5.88 Å². The number of amides is 1. The molecule has 3 heterocycles. The second-order valence-electron chi connectivity index (χ2n) is 8.38. The van der Waals surface area contributed by atoms with Crippen LogP contribution < -0.4 is 4.74 Å². The number of nitrogens with zero attached hydrogens (tertiary/aromatic N) is 4. The molecule has 164 valence electrons. The summed E-state index contributed by atoms with van der Waals surface area (Å²) in [6.07, 6.45) is 4.51. The standard InChI is InChI=1S/C24H30N4O3/c1-26(2)14-17-5-7-22-21(11-17)19(15-27(22)3)12-20-16-31-10-9-28(20)24(29)18-6-8-23(30-4)25-13-18/h5-8,11,13,15,20H,9-10,12,14,16H2,1-4H3/t20-/m0/s1. The number of methoxy groups -OCH3 is 1. The molecule has 1 aliphatic heterocycles. The van der Waals surface area contributed by atoms with Gasteiger partial charge in [-0.15, -0.1) is 0 Å². The number of hydrogen-bond acceptors (Lipinski definition) is 5. The summed E-state index contributed by atoms with van der Waals surface area (Å²) in [6.45, 7) is 2.55. The van der Waals surface area contributed by atoms with Gasteiger partial charge < -0.3 is 23.8 Å². The van der Waals surface area contributed by atoms with Crippen molar-refractivity contribution < 1.29 is 14.3 Å². The van der Waals surface area contributed by atoms with Gasteiger partial charge in [-0.1, -0.05) is 6.07 Å². The Morgan fingerprint density at radius 3 is 2.84 bits per heavy atom. The Morgan fingerprint density at radius 1 is 1.29 bits per heavy atom. The number of aryl methyl sites for hydroxylation is 1. The molecule has 1 fully saturated rings. The number of aromatic nitrogens is 2. The first-order valence-electron chi connectivity index (χ1n) is 10.6. The predicted octanol–water partition coefficient (Wildman–Crippen LogP) is 2.73. The molecule has 0 spiro atoms. The number of morpholine rings is 1. The Morgan fingerprint density at radius 2 is 2.13 bits per heavy atom. The van der Waals surface area contributed by atoms with Crippen molar-refractivity contribution in [2.75, 3.05) is 41.0 Å². The number of benzene rings is 1. The van der Waals surface area contributed by atoms with Crippen LogP contribution >= 0.6 is 0 Å². The van der Waals surface area contributed by atoms with E-state index in [4.69, 9.17) is 9.47 Å². The molecule has 2 aromatic heterocycles. The topological polar surface area (TPSA) is 59.8 Å². The van der Waals surface area contributed by atoms with Crippen molar-refractivity contribution in [3.63, 3.8) is 0 Å². The maximum Gasteiger partial charge on any atom is 0.255 e. The van der Waals surface area contributed by atoms with Crippen molar-refractivity contribution in [2.24, 2.45) is 7.05 Å². The van der Waals surface area contributed by atoms with Gasteiger partial charge >= 0.3 is 0 Å². The van der Waals surface area contributed by atoms with E-state index in [-0.39, 0.29) is 11.9 Å². The molecule has 31 heavy (non-hydrogen) atoms. The number of fused-ring (bicyclic) bond motifs is 1. The first kappa shape index (κ1) is 21.3. The fourth-order valence-electron chi connectivity index (χ4n) is 4.29. The van der Waals surface area contributed by atoms with Crippen LogP contribution in [0.4, 0.5) is 0 Å². The third kappa shape index (κ3) is 4.57. The third-order valence-electron chi connectivity index (χ3n) is 5.77. The highest BCUT2D eigenvalue weighted by Gasteiger charge is 2.29. The molecule has 1 amide bonds. The van der Waals surface area contributed by atoms with Crippen LogP contribution in [0.2, 0.25) is 0 Å². The number of ether oxygens (including phenoxy) is 2. The first-order chi connectivity index (χ1) is 15.0. The van der Waals surface area contributed by atoms with E-state index in [1.54, 1.807) is 25.4 Å². The van der Waals surface area contributed by atoms with Crippen molar-refractivity contribution >= 4 is 16.8 Å². The SMILES string of the molecule is COc1ccc(C(=O)N2CCOC[C@@H]2Cc2cn(C)c3ccc(CN(C)C)cc23)cn1. The van der Waals surface area contributed by atoms with Gasteiger partial charge in [0.25, 0.3) is 5.91 Å². The van der Waals surface area contributed by atoms with Gasteiger partial charge in [-0.2, -0.15) is 0 Å². The summed E-state index contributed by atoms with van der Waals surface area (Å²) < 4.78 is 13.0. The molecule has 1 saturated heterocycles. The van der Waals surface area contributed by atoms with Gasteiger partial charge in [0.1, 0.15) is 0 Å². The Balaban J connectivity index is 1.60. The highest BCUT2D eigenvalue weighted by molar-refractivity contribution is 5.94. The predicted molar refractivity (Wildman–Crippen MR) is 120 cm³/mol. The molecule has 1 atom stereocenters. The van der Waals surface area contributed by atoms with Gasteiger partial charge in [0, 0.05) is 49.5 Å². The minimum Gasteiger partial charge on any atom is -0.481 e.